The lowest BCUT2D eigenvalue weighted by atomic mass is 9.95. The monoisotopic (exact) mass is 141 g/mol. The average Bonchev–Trinajstić information content (AvgIpc) is 1.88. The van der Waals surface area contributed by atoms with Gasteiger partial charge in [0.2, 0.25) is 0 Å². The smallest absolute Gasteiger partial charge is 0.0729 e. The van der Waals surface area contributed by atoms with E-state index in [4.69, 9.17) is 0 Å². The van der Waals surface area contributed by atoms with Gasteiger partial charge in [0, 0.05) is 12.5 Å². The van der Waals surface area contributed by atoms with Crippen LogP contribution in [0.3, 0.4) is 0 Å². The first-order valence-electron chi connectivity index (χ1n) is 3.73. The second-order valence-corrected chi connectivity index (χ2v) is 3.02. The molecule has 1 fully saturated rings. The van der Waals surface area contributed by atoms with Gasteiger partial charge in [0.05, 0.1) is 6.10 Å². The second kappa shape index (κ2) is 3.17. The van der Waals surface area contributed by atoms with E-state index in [1.807, 2.05) is 13.1 Å². The fourth-order valence-corrected chi connectivity index (χ4v) is 1.38. The Balaban J connectivity index is 2.43. The van der Waals surface area contributed by atoms with E-state index in [-0.39, 0.29) is 6.10 Å². The highest BCUT2D eigenvalue weighted by molar-refractivity contribution is 4.89. The summed E-state index contributed by atoms with van der Waals surface area (Å²) in [5.74, 6) is 0.316. The number of nitrogens with zero attached hydrogens (tertiary/aromatic N) is 1. The van der Waals surface area contributed by atoms with Crippen LogP contribution in [0.4, 0.5) is 0 Å². The van der Waals surface area contributed by atoms with E-state index >= 15 is 0 Å². The van der Waals surface area contributed by atoms with Crippen LogP contribution in [0.15, 0.2) is 12.7 Å². The predicted molar refractivity (Wildman–Crippen MR) is 41.8 cm³/mol. The summed E-state index contributed by atoms with van der Waals surface area (Å²) in [6.45, 7) is 5.55. The van der Waals surface area contributed by atoms with Gasteiger partial charge in [0.25, 0.3) is 0 Å². The highest BCUT2D eigenvalue weighted by atomic mass is 16.3. The number of piperidine rings is 1. The van der Waals surface area contributed by atoms with Gasteiger partial charge in [0.1, 0.15) is 0 Å². The Morgan fingerprint density at radius 3 is 2.90 bits per heavy atom. The molecule has 0 unspecified atom stereocenters. The Morgan fingerprint density at radius 2 is 2.40 bits per heavy atom. The van der Waals surface area contributed by atoms with Crippen LogP contribution in [0.25, 0.3) is 0 Å². The third kappa shape index (κ3) is 1.58. The molecule has 0 spiro atoms. The van der Waals surface area contributed by atoms with Crippen molar-refractivity contribution in [3.8, 4) is 0 Å². The molecular weight excluding hydrogens is 126 g/mol. The van der Waals surface area contributed by atoms with Crippen LogP contribution in [0.1, 0.15) is 6.42 Å². The molecule has 0 amide bonds. The normalized spacial score (nSPS) is 35.8. The van der Waals surface area contributed by atoms with Gasteiger partial charge in [-0.05, 0) is 20.0 Å². The molecule has 0 aromatic carbocycles. The van der Waals surface area contributed by atoms with E-state index in [0.29, 0.717) is 5.92 Å². The summed E-state index contributed by atoms with van der Waals surface area (Å²) in [6, 6.07) is 0. The second-order valence-electron chi connectivity index (χ2n) is 3.02. The van der Waals surface area contributed by atoms with Crippen molar-refractivity contribution in [2.75, 3.05) is 20.1 Å². The van der Waals surface area contributed by atoms with E-state index < -0.39 is 0 Å². The van der Waals surface area contributed by atoms with Gasteiger partial charge in [-0.3, -0.25) is 0 Å². The Bertz CT molecular complexity index is 124. The van der Waals surface area contributed by atoms with Gasteiger partial charge in [-0.15, -0.1) is 6.58 Å². The molecule has 2 heteroatoms. The van der Waals surface area contributed by atoms with Crippen molar-refractivity contribution >= 4 is 0 Å². The maximum absolute atomic E-state index is 9.43. The minimum absolute atomic E-state index is 0.198. The molecule has 1 N–H and O–H groups in total. The summed E-state index contributed by atoms with van der Waals surface area (Å²) >= 11 is 0. The van der Waals surface area contributed by atoms with Crippen LogP contribution in [-0.4, -0.2) is 36.2 Å². The van der Waals surface area contributed by atoms with Crippen molar-refractivity contribution in [3.63, 3.8) is 0 Å². The molecule has 1 aliphatic rings. The van der Waals surface area contributed by atoms with Crippen molar-refractivity contribution < 1.29 is 5.11 Å². The lowest BCUT2D eigenvalue weighted by Gasteiger charge is -2.31. The number of hydrogen-bond donors (Lipinski definition) is 1. The molecule has 1 heterocycles. The van der Waals surface area contributed by atoms with Crippen LogP contribution in [0.2, 0.25) is 0 Å². The number of aliphatic hydroxyl groups is 1. The van der Waals surface area contributed by atoms with Gasteiger partial charge in [-0.2, -0.15) is 0 Å². The maximum Gasteiger partial charge on any atom is 0.0729 e. The van der Waals surface area contributed by atoms with Gasteiger partial charge < -0.3 is 10.0 Å². The quantitative estimate of drug-likeness (QED) is 0.537. The van der Waals surface area contributed by atoms with Gasteiger partial charge >= 0.3 is 0 Å². The van der Waals surface area contributed by atoms with E-state index in [2.05, 4.69) is 11.5 Å². The fraction of sp³-hybridized carbons (Fsp3) is 0.750. The van der Waals surface area contributed by atoms with Crippen molar-refractivity contribution in [2.45, 2.75) is 12.5 Å². The first kappa shape index (κ1) is 7.76. The number of likely N-dealkylation sites (tertiary alicyclic amines) is 1. The predicted octanol–water partition coefficient (Wildman–Crippen LogP) is 0.485. The van der Waals surface area contributed by atoms with Crippen LogP contribution in [-0.2, 0) is 0 Å². The molecule has 0 aromatic rings. The molecule has 1 aliphatic heterocycles. The Kier molecular flexibility index (Phi) is 2.46. The van der Waals surface area contributed by atoms with Crippen molar-refractivity contribution in [1.29, 1.82) is 0 Å². The summed E-state index contributed by atoms with van der Waals surface area (Å²) in [5, 5.41) is 9.43. The highest BCUT2D eigenvalue weighted by Gasteiger charge is 2.22. The number of likely N-dealkylation sites (N-methyl/N-ethyl adjacent to an activating group) is 1. The SMILES string of the molecule is C=C[C@H]1CCN(C)C[C@@H]1O. The Labute approximate surface area is 62.2 Å². The topological polar surface area (TPSA) is 23.5 Å². The molecule has 0 saturated carbocycles. The third-order valence-corrected chi connectivity index (χ3v) is 2.14. The lowest BCUT2D eigenvalue weighted by molar-refractivity contribution is 0.0521. The zero-order valence-electron chi connectivity index (χ0n) is 6.45. The number of rotatable bonds is 1. The standard InChI is InChI=1S/C8H15NO/c1-3-7-4-5-9(2)6-8(7)10/h3,7-8,10H,1,4-6H2,2H3/t7-,8-/m0/s1. The average molecular weight is 141 g/mol. The number of hydrogen-bond acceptors (Lipinski definition) is 2. The van der Waals surface area contributed by atoms with E-state index in [1.165, 1.54) is 0 Å². The van der Waals surface area contributed by atoms with Crippen molar-refractivity contribution in [2.24, 2.45) is 5.92 Å². The molecule has 1 rings (SSSR count). The van der Waals surface area contributed by atoms with Crippen LogP contribution in [0.5, 0.6) is 0 Å². The Hall–Kier alpha value is -0.340. The molecule has 0 aliphatic carbocycles. The number of β-amino-alcohol motifs (C(OH)–C–C–N with tert-alkyl or cyclic N) is 1. The minimum atomic E-state index is -0.198. The Morgan fingerprint density at radius 1 is 1.70 bits per heavy atom. The summed E-state index contributed by atoms with van der Waals surface area (Å²) in [5.41, 5.74) is 0. The maximum atomic E-state index is 9.43. The number of aliphatic hydroxyl groups excluding tert-OH is 1. The third-order valence-electron chi connectivity index (χ3n) is 2.14. The molecule has 2 nitrogen and oxygen atoms in total. The summed E-state index contributed by atoms with van der Waals surface area (Å²) in [4.78, 5) is 2.14. The lowest BCUT2D eigenvalue weighted by Crippen LogP contribution is -2.40. The summed E-state index contributed by atoms with van der Waals surface area (Å²) in [7, 11) is 2.03. The highest BCUT2D eigenvalue weighted by Crippen LogP contribution is 2.16. The van der Waals surface area contributed by atoms with Crippen LogP contribution in [0, 0.1) is 5.92 Å². The first-order valence-corrected chi connectivity index (χ1v) is 3.73. The molecule has 2 atom stereocenters. The summed E-state index contributed by atoms with van der Waals surface area (Å²) in [6.07, 6.45) is 2.70. The fourth-order valence-electron chi connectivity index (χ4n) is 1.38. The van der Waals surface area contributed by atoms with Crippen LogP contribution >= 0.6 is 0 Å². The molecule has 58 valence electrons. The molecule has 1 saturated heterocycles. The molecular formula is C8H15NO. The molecule has 0 bridgehead atoms. The van der Waals surface area contributed by atoms with Crippen LogP contribution < -0.4 is 0 Å². The van der Waals surface area contributed by atoms with Crippen molar-refractivity contribution in [3.05, 3.63) is 12.7 Å². The van der Waals surface area contributed by atoms with E-state index in [9.17, 15) is 5.11 Å². The zero-order chi connectivity index (χ0) is 7.56. The van der Waals surface area contributed by atoms with Gasteiger partial charge in [-0.1, -0.05) is 6.08 Å². The molecule has 0 aromatic heterocycles. The van der Waals surface area contributed by atoms with E-state index in [0.717, 1.165) is 19.5 Å². The first-order chi connectivity index (χ1) is 4.74. The van der Waals surface area contributed by atoms with Crippen molar-refractivity contribution in [1.82, 2.24) is 4.90 Å². The zero-order valence-corrected chi connectivity index (χ0v) is 6.45. The van der Waals surface area contributed by atoms with Gasteiger partial charge in [-0.25, -0.2) is 0 Å². The largest absolute Gasteiger partial charge is 0.391 e. The van der Waals surface area contributed by atoms with E-state index in [1.54, 1.807) is 0 Å². The minimum Gasteiger partial charge on any atom is -0.391 e. The molecule has 0 radical (unpaired) electrons. The van der Waals surface area contributed by atoms with Gasteiger partial charge in [0.15, 0.2) is 0 Å². The summed E-state index contributed by atoms with van der Waals surface area (Å²) < 4.78 is 0. The molecule has 10 heavy (non-hydrogen) atoms.